The Labute approximate surface area is 91.1 Å². The third-order valence-electron chi connectivity index (χ3n) is 1.78. The summed E-state index contributed by atoms with van der Waals surface area (Å²) in [6, 6.07) is 4.52. The van der Waals surface area contributed by atoms with Crippen molar-refractivity contribution in [3.05, 3.63) is 29.8 Å². The Hall–Kier alpha value is -1.27. The lowest BCUT2D eigenvalue weighted by Gasteiger charge is -2.09. The highest BCUT2D eigenvalue weighted by Crippen LogP contribution is 2.30. The van der Waals surface area contributed by atoms with Gasteiger partial charge in [-0.15, -0.1) is 0 Å². The minimum atomic E-state index is -4.31. The molecule has 1 N–H and O–H groups in total. The van der Waals surface area contributed by atoms with Crippen LogP contribution in [0.5, 0.6) is 5.75 Å². The van der Waals surface area contributed by atoms with E-state index in [1.165, 1.54) is 12.1 Å². The summed E-state index contributed by atoms with van der Waals surface area (Å²) < 4.78 is 41.8. The predicted molar refractivity (Wildman–Crippen MR) is 52.0 cm³/mol. The number of halogens is 3. The van der Waals surface area contributed by atoms with Gasteiger partial charge < -0.3 is 4.74 Å². The molecule has 0 heterocycles. The number of benzene rings is 1. The third-order valence-corrected chi connectivity index (χ3v) is 1.78. The second-order valence-corrected chi connectivity index (χ2v) is 2.92. The average molecular weight is 235 g/mol. The highest BCUT2D eigenvalue weighted by molar-refractivity contribution is 5.28. The number of hydrogen-bond donors (Lipinski definition) is 1. The molecule has 0 radical (unpaired) electrons. The van der Waals surface area contributed by atoms with Gasteiger partial charge in [-0.05, 0) is 24.3 Å². The zero-order valence-corrected chi connectivity index (χ0v) is 8.67. The molecule has 0 amide bonds. The molecule has 16 heavy (non-hydrogen) atoms. The van der Waals surface area contributed by atoms with E-state index < -0.39 is 11.7 Å². The second-order valence-electron chi connectivity index (χ2n) is 2.92. The van der Waals surface area contributed by atoms with E-state index >= 15 is 0 Å². The standard InChI is InChI=1S/C10H12F3NO2/c1-14-16-7-6-15-9-4-2-8(3-5-9)10(11,12)13/h2-5,14H,6-7H2,1H3. The van der Waals surface area contributed by atoms with Gasteiger partial charge in [0.1, 0.15) is 19.0 Å². The number of nitrogens with one attached hydrogen (secondary N) is 1. The summed E-state index contributed by atoms with van der Waals surface area (Å²) in [4.78, 5) is 4.78. The quantitative estimate of drug-likeness (QED) is 0.627. The molecule has 1 aromatic rings. The molecule has 0 spiro atoms. The molecule has 1 rings (SSSR count). The van der Waals surface area contributed by atoms with E-state index in [1.54, 1.807) is 7.05 Å². The fraction of sp³-hybridized carbons (Fsp3) is 0.400. The maximum Gasteiger partial charge on any atom is 0.416 e. The lowest BCUT2D eigenvalue weighted by Crippen LogP contribution is -2.14. The van der Waals surface area contributed by atoms with Crippen LogP contribution in [-0.4, -0.2) is 20.3 Å². The van der Waals surface area contributed by atoms with E-state index in [-0.39, 0.29) is 6.61 Å². The summed E-state index contributed by atoms with van der Waals surface area (Å²) in [5.41, 5.74) is 1.77. The Kier molecular flexibility index (Phi) is 4.57. The molecule has 0 fully saturated rings. The van der Waals surface area contributed by atoms with Crippen LogP contribution in [0.4, 0.5) is 13.2 Å². The Balaban J connectivity index is 2.46. The molecular formula is C10H12F3NO2. The highest BCUT2D eigenvalue weighted by atomic mass is 19.4. The van der Waals surface area contributed by atoms with Crippen molar-refractivity contribution in [2.45, 2.75) is 6.18 Å². The number of hydrogen-bond acceptors (Lipinski definition) is 3. The first kappa shape index (κ1) is 12.8. The first-order valence-corrected chi connectivity index (χ1v) is 4.62. The summed E-state index contributed by atoms with van der Waals surface area (Å²) in [6.07, 6.45) is -4.31. The molecular weight excluding hydrogens is 223 g/mol. The molecule has 90 valence electrons. The fourth-order valence-corrected chi connectivity index (χ4v) is 1.04. The van der Waals surface area contributed by atoms with Crippen LogP contribution in [0.3, 0.4) is 0 Å². The minimum Gasteiger partial charge on any atom is -0.491 e. The molecule has 0 aliphatic carbocycles. The Morgan fingerprint density at radius 3 is 2.25 bits per heavy atom. The molecule has 0 aliphatic heterocycles. The summed E-state index contributed by atoms with van der Waals surface area (Å²) in [7, 11) is 1.61. The van der Waals surface area contributed by atoms with Gasteiger partial charge in [0.05, 0.1) is 5.56 Å². The predicted octanol–water partition coefficient (Wildman–Crippen LogP) is 2.24. The summed E-state index contributed by atoms with van der Waals surface area (Å²) in [6.45, 7) is 0.587. The first-order valence-electron chi connectivity index (χ1n) is 4.62. The smallest absolute Gasteiger partial charge is 0.416 e. The van der Waals surface area contributed by atoms with Crippen molar-refractivity contribution in [2.24, 2.45) is 0 Å². The lowest BCUT2D eigenvalue weighted by atomic mass is 10.2. The van der Waals surface area contributed by atoms with Gasteiger partial charge in [-0.3, -0.25) is 4.84 Å². The Morgan fingerprint density at radius 1 is 1.12 bits per heavy atom. The van der Waals surface area contributed by atoms with Crippen LogP contribution in [0, 0.1) is 0 Å². The number of hydroxylamine groups is 1. The average Bonchev–Trinajstić information content (AvgIpc) is 2.24. The third kappa shape index (κ3) is 4.08. The highest BCUT2D eigenvalue weighted by Gasteiger charge is 2.29. The van der Waals surface area contributed by atoms with Crippen LogP contribution in [0.15, 0.2) is 24.3 Å². The largest absolute Gasteiger partial charge is 0.491 e. The maximum atomic E-state index is 12.2. The topological polar surface area (TPSA) is 30.5 Å². The van der Waals surface area contributed by atoms with Gasteiger partial charge in [-0.1, -0.05) is 0 Å². The molecule has 6 heteroatoms. The van der Waals surface area contributed by atoms with Crippen molar-refractivity contribution in [3.8, 4) is 5.75 Å². The van der Waals surface area contributed by atoms with Gasteiger partial charge in [0.25, 0.3) is 0 Å². The van der Waals surface area contributed by atoms with Gasteiger partial charge in [0.2, 0.25) is 0 Å². The van der Waals surface area contributed by atoms with Crippen molar-refractivity contribution in [1.29, 1.82) is 0 Å². The van der Waals surface area contributed by atoms with Crippen LogP contribution < -0.4 is 10.2 Å². The first-order chi connectivity index (χ1) is 7.54. The molecule has 0 aromatic heterocycles. The molecule has 0 aliphatic rings. The van der Waals surface area contributed by atoms with E-state index in [0.717, 1.165) is 12.1 Å². The molecule has 0 unspecified atom stereocenters. The molecule has 0 saturated heterocycles. The van der Waals surface area contributed by atoms with Gasteiger partial charge in [-0.2, -0.15) is 13.2 Å². The van der Waals surface area contributed by atoms with Gasteiger partial charge in [0, 0.05) is 7.05 Å². The van der Waals surface area contributed by atoms with Crippen LogP contribution in [0.2, 0.25) is 0 Å². The van der Waals surface area contributed by atoms with E-state index in [1.807, 2.05) is 0 Å². The summed E-state index contributed by atoms with van der Waals surface area (Å²) >= 11 is 0. The van der Waals surface area contributed by atoms with Crippen LogP contribution in [0.1, 0.15) is 5.56 Å². The van der Waals surface area contributed by atoms with Crippen LogP contribution in [-0.2, 0) is 11.0 Å². The second kappa shape index (κ2) is 5.72. The lowest BCUT2D eigenvalue weighted by molar-refractivity contribution is -0.137. The van der Waals surface area contributed by atoms with Crippen molar-refractivity contribution in [3.63, 3.8) is 0 Å². The Morgan fingerprint density at radius 2 is 1.75 bits per heavy atom. The number of rotatable bonds is 5. The van der Waals surface area contributed by atoms with E-state index in [4.69, 9.17) is 9.57 Å². The SMILES string of the molecule is CNOCCOc1ccc(C(F)(F)F)cc1. The van der Waals surface area contributed by atoms with E-state index in [2.05, 4.69) is 5.48 Å². The van der Waals surface area contributed by atoms with Crippen LogP contribution >= 0.6 is 0 Å². The molecule has 0 saturated carbocycles. The number of alkyl halides is 3. The molecule has 0 bridgehead atoms. The minimum absolute atomic E-state index is 0.270. The van der Waals surface area contributed by atoms with E-state index in [0.29, 0.717) is 12.4 Å². The maximum absolute atomic E-state index is 12.2. The van der Waals surface area contributed by atoms with Crippen molar-refractivity contribution in [1.82, 2.24) is 5.48 Å². The van der Waals surface area contributed by atoms with Crippen molar-refractivity contribution >= 4 is 0 Å². The zero-order chi connectivity index (χ0) is 12.0. The zero-order valence-electron chi connectivity index (χ0n) is 8.67. The summed E-state index contributed by atoms with van der Waals surface area (Å²) in [5.74, 6) is 0.382. The van der Waals surface area contributed by atoms with Gasteiger partial charge in [0.15, 0.2) is 0 Å². The molecule has 0 atom stereocenters. The van der Waals surface area contributed by atoms with Gasteiger partial charge in [-0.25, -0.2) is 5.48 Å². The molecule has 3 nitrogen and oxygen atoms in total. The van der Waals surface area contributed by atoms with Crippen molar-refractivity contribution in [2.75, 3.05) is 20.3 Å². The number of ether oxygens (including phenoxy) is 1. The molecule has 1 aromatic carbocycles. The Bertz CT molecular complexity index is 311. The van der Waals surface area contributed by atoms with Crippen LogP contribution in [0.25, 0.3) is 0 Å². The normalized spacial score (nSPS) is 11.5. The fourth-order valence-electron chi connectivity index (χ4n) is 1.04. The van der Waals surface area contributed by atoms with E-state index in [9.17, 15) is 13.2 Å². The monoisotopic (exact) mass is 235 g/mol. The van der Waals surface area contributed by atoms with Crippen molar-refractivity contribution < 1.29 is 22.7 Å². The van der Waals surface area contributed by atoms with Gasteiger partial charge >= 0.3 is 6.18 Å². The summed E-state index contributed by atoms with van der Waals surface area (Å²) in [5, 5.41) is 0.